The SMILES string of the molecule is Cc1nn(C)c(-n2cc(Br)cn2)c1C(N)=S. The third-order valence-electron chi connectivity index (χ3n) is 2.21. The molecule has 0 aliphatic rings. The van der Waals surface area contributed by atoms with Crippen LogP contribution in [0.3, 0.4) is 0 Å². The third-order valence-corrected chi connectivity index (χ3v) is 2.82. The van der Waals surface area contributed by atoms with E-state index in [-0.39, 0.29) is 0 Å². The number of hydrogen-bond donors (Lipinski definition) is 1. The van der Waals surface area contributed by atoms with E-state index in [1.807, 2.05) is 20.2 Å². The molecule has 2 aromatic heterocycles. The van der Waals surface area contributed by atoms with Gasteiger partial charge in [0.15, 0.2) is 5.82 Å². The summed E-state index contributed by atoms with van der Waals surface area (Å²) in [6, 6.07) is 0. The van der Waals surface area contributed by atoms with E-state index in [1.165, 1.54) is 0 Å². The van der Waals surface area contributed by atoms with Gasteiger partial charge < -0.3 is 5.73 Å². The van der Waals surface area contributed by atoms with Crippen LogP contribution >= 0.6 is 28.1 Å². The average Bonchev–Trinajstić information content (AvgIpc) is 2.69. The molecule has 2 aromatic rings. The van der Waals surface area contributed by atoms with E-state index < -0.39 is 0 Å². The van der Waals surface area contributed by atoms with E-state index in [4.69, 9.17) is 18.0 Å². The predicted molar refractivity (Wildman–Crippen MR) is 68.7 cm³/mol. The Morgan fingerprint density at radius 3 is 2.75 bits per heavy atom. The van der Waals surface area contributed by atoms with Crippen LogP contribution in [0.5, 0.6) is 0 Å². The Hall–Kier alpha value is -1.21. The molecule has 0 atom stereocenters. The lowest BCUT2D eigenvalue weighted by molar-refractivity contribution is 0.693. The average molecular weight is 300 g/mol. The van der Waals surface area contributed by atoms with Gasteiger partial charge in [0.25, 0.3) is 0 Å². The second-order valence-corrected chi connectivity index (χ2v) is 4.73. The molecule has 0 radical (unpaired) electrons. The van der Waals surface area contributed by atoms with Crippen molar-refractivity contribution in [3.63, 3.8) is 0 Å². The van der Waals surface area contributed by atoms with Crippen molar-refractivity contribution in [3.05, 3.63) is 28.1 Å². The zero-order valence-electron chi connectivity index (χ0n) is 8.81. The molecular formula is C9H10BrN5S. The molecule has 0 fully saturated rings. The highest BCUT2D eigenvalue weighted by molar-refractivity contribution is 9.10. The molecule has 2 rings (SSSR count). The zero-order chi connectivity index (χ0) is 11.9. The smallest absolute Gasteiger partial charge is 0.162 e. The van der Waals surface area contributed by atoms with Crippen LogP contribution in [-0.2, 0) is 7.05 Å². The Morgan fingerprint density at radius 1 is 1.56 bits per heavy atom. The first-order chi connectivity index (χ1) is 7.50. The highest BCUT2D eigenvalue weighted by Gasteiger charge is 2.17. The van der Waals surface area contributed by atoms with Crippen molar-refractivity contribution >= 4 is 33.1 Å². The maximum Gasteiger partial charge on any atom is 0.162 e. The summed E-state index contributed by atoms with van der Waals surface area (Å²) >= 11 is 8.37. The highest BCUT2D eigenvalue weighted by Crippen LogP contribution is 2.19. The normalized spacial score (nSPS) is 10.7. The van der Waals surface area contributed by atoms with Crippen molar-refractivity contribution in [1.82, 2.24) is 19.6 Å². The van der Waals surface area contributed by atoms with Gasteiger partial charge in [0.05, 0.1) is 21.9 Å². The Balaban J connectivity index is 2.68. The maximum atomic E-state index is 5.70. The molecule has 0 aliphatic heterocycles. The molecule has 2 heterocycles. The van der Waals surface area contributed by atoms with Gasteiger partial charge in [-0.2, -0.15) is 10.2 Å². The molecule has 7 heteroatoms. The van der Waals surface area contributed by atoms with Crippen LogP contribution in [0.15, 0.2) is 16.9 Å². The van der Waals surface area contributed by atoms with E-state index in [9.17, 15) is 0 Å². The second-order valence-electron chi connectivity index (χ2n) is 3.37. The summed E-state index contributed by atoms with van der Waals surface area (Å²) in [5.74, 6) is 0.774. The zero-order valence-corrected chi connectivity index (χ0v) is 11.2. The summed E-state index contributed by atoms with van der Waals surface area (Å²) in [5, 5.41) is 8.49. The lowest BCUT2D eigenvalue weighted by Crippen LogP contribution is -2.15. The van der Waals surface area contributed by atoms with Crippen LogP contribution in [0.2, 0.25) is 0 Å². The van der Waals surface area contributed by atoms with Crippen LogP contribution < -0.4 is 5.73 Å². The van der Waals surface area contributed by atoms with Crippen LogP contribution in [0.1, 0.15) is 11.3 Å². The van der Waals surface area contributed by atoms with Crippen LogP contribution in [0.25, 0.3) is 5.82 Å². The Labute approximate surface area is 106 Å². The topological polar surface area (TPSA) is 61.7 Å². The molecule has 0 aromatic carbocycles. The van der Waals surface area contributed by atoms with Crippen LogP contribution in [-0.4, -0.2) is 24.5 Å². The minimum atomic E-state index is 0.326. The number of nitrogens with two attached hydrogens (primary N) is 1. The molecule has 0 unspecified atom stereocenters. The van der Waals surface area contributed by atoms with E-state index in [2.05, 4.69) is 26.1 Å². The predicted octanol–water partition coefficient (Wildman–Crippen LogP) is 1.31. The third kappa shape index (κ3) is 1.76. The molecule has 5 nitrogen and oxygen atoms in total. The fraction of sp³-hybridized carbons (Fsp3) is 0.222. The molecule has 0 amide bonds. The van der Waals surface area contributed by atoms with Crippen molar-refractivity contribution in [2.75, 3.05) is 0 Å². The minimum Gasteiger partial charge on any atom is -0.389 e. The number of aromatic nitrogens is 4. The summed E-state index contributed by atoms with van der Waals surface area (Å²) in [6.45, 7) is 1.87. The van der Waals surface area contributed by atoms with Gasteiger partial charge in [-0.05, 0) is 22.9 Å². The summed E-state index contributed by atoms with van der Waals surface area (Å²) in [7, 11) is 1.83. The summed E-state index contributed by atoms with van der Waals surface area (Å²) in [6.07, 6.45) is 3.53. The molecule has 0 aliphatic carbocycles. The molecule has 84 valence electrons. The quantitative estimate of drug-likeness (QED) is 0.850. The second kappa shape index (κ2) is 3.99. The van der Waals surface area contributed by atoms with Crippen molar-refractivity contribution in [1.29, 1.82) is 0 Å². The molecule has 0 saturated carbocycles. The monoisotopic (exact) mass is 299 g/mol. The van der Waals surface area contributed by atoms with Gasteiger partial charge in [-0.3, -0.25) is 4.68 Å². The highest BCUT2D eigenvalue weighted by atomic mass is 79.9. The van der Waals surface area contributed by atoms with Gasteiger partial charge >= 0.3 is 0 Å². The van der Waals surface area contributed by atoms with Gasteiger partial charge in [-0.25, -0.2) is 4.68 Å². The van der Waals surface area contributed by atoms with Crippen molar-refractivity contribution < 1.29 is 0 Å². The van der Waals surface area contributed by atoms with E-state index in [0.717, 1.165) is 21.5 Å². The number of nitrogens with zero attached hydrogens (tertiary/aromatic N) is 4. The van der Waals surface area contributed by atoms with Gasteiger partial charge in [0, 0.05) is 13.2 Å². The van der Waals surface area contributed by atoms with Gasteiger partial charge in [0.1, 0.15) is 4.99 Å². The minimum absolute atomic E-state index is 0.326. The molecule has 0 spiro atoms. The molecule has 0 bridgehead atoms. The van der Waals surface area contributed by atoms with E-state index >= 15 is 0 Å². The van der Waals surface area contributed by atoms with Crippen molar-refractivity contribution in [2.24, 2.45) is 12.8 Å². The number of thiocarbonyl (C=S) groups is 1. The van der Waals surface area contributed by atoms with Crippen molar-refractivity contribution in [2.45, 2.75) is 6.92 Å². The molecule has 0 saturated heterocycles. The first-order valence-corrected chi connectivity index (χ1v) is 5.74. The van der Waals surface area contributed by atoms with Gasteiger partial charge in [-0.15, -0.1) is 0 Å². The number of aryl methyl sites for hydroxylation is 2. The summed E-state index contributed by atoms with van der Waals surface area (Å²) < 4.78 is 4.29. The van der Waals surface area contributed by atoms with Gasteiger partial charge in [0.2, 0.25) is 0 Å². The van der Waals surface area contributed by atoms with Crippen LogP contribution in [0, 0.1) is 6.92 Å². The lowest BCUT2D eigenvalue weighted by Gasteiger charge is -2.04. The number of hydrogen-bond acceptors (Lipinski definition) is 3. The van der Waals surface area contributed by atoms with E-state index in [0.29, 0.717) is 4.99 Å². The maximum absolute atomic E-state index is 5.70. The fourth-order valence-electron chi connectivity index (χ4n) is 1.61. The summed E-state index contributed by atoms with van der Waals surface area (Å²) in [5.41, 5.74) is 7.26. The molecular weight excluding hydrogens is 290 g/mol. The molecule has 16 heavy (non-hydrogen) atoms. The molecule has 2 N–H and O–H groups in total. The van der Waals surface area contributed by atoms with E-state index in [1.54, 1.807) is 15.6 Å². The Kier molecular flexibility index (Phi) is 2.81. The first-order valence-electron chi connectivity index (χ1n) is 4.54. The van der Waals surface area contributed by atoms with Gasteiger partial charge in [-0.1, -0.05) is 12.2 Å². The standard InChI is InChI=1S/C9H10BrN5S/c1-5-7(8(11)16)9(14(2)13-5)15-4-6(10)3-12-15/h3-4H,1-2H3,(H2,11,16). The van der Waals surface area contributed by atoms with Crippen molar-refractivity contribution in [3.8, 4) is 5.82 Å². The fourth-order valence-corrected chi connectivity index (χ4v) is 2.14. The lowest BCUT2D eigenvalue weighted by atomic mass is 10.2. The Bertz CT molecular complexity index is 556. The summed E-state index contributed by atoms with van der Waals surface area (Å²) in [4.78, 5) is 0.326. The number of rotatable bonds is 2. The Morgan fingerprint density at radius 2 is 2.25 bits per heavy atom. The van der Waals surface area contributed by atoms with Crippen LogP contribution in [0.4, 0.5) is 0 Å². The number of halogens is 1. The first kappa shape index (κ1) is 11.3. The largest absolute Gasteiger partial charge is 0.389 e.